The normalized spacial score (nSPS) is 18.8. The Labute approximate surface area is 126 Å². The number of halogens is 2. The van der Waals surface area contributed by atoms with Crippen LogP contribution in [0.5, 0.6) is 0 Å². The molecule has 0 radical (unpaired) electrons. The third kappa shape index (κ3) is 3.06. The van der Waals surface area contributed by atoms with Crippen molar-refractivity contribution >= 4 is 35.1 Å². The van der Waals surface area contributed by atoms with Gasteiger partial charge in [-0.05, 0) is 18.2 Å². The van der Waals surface area contributed by atoms with Gasteiger partial charge in [0, 0.05) is 12.1 Å². The van der Waals surface area contributed by atoms with E-state index in [-0.39, 0.29) is 12.5 Å². The average Bonchev–Trinajstić information content (AvgIpc) is 2.48. The minimum Gasteiger partial charge on any atom is -0.467 e. The van der Waals surface area contributed by atoms with E-state index in [9.17, 15) is 9.59 Å². The zero-order valence-corrected chi connectivity index (χ0v) is 12.3. The molecule has 1 atom stereocenters. The van der Waals surface area contributed by atoms with Crippen LogP contribution in [0.15, 0.2) is 18.2 Å². The molecule has 20 heavy (non-hydrogen) atoms. The predicted octanol–water partition coefficient (Wildman–Crippen LogP) is 2.01. The first-order valence-electron chi connectivity index (χ1n) is 5.96. The summed E-state index contributed by atoms with van der Waals surface area (Å²) in [5.41, 5.74) is 0.371. The smallest absolute Gasteiger partial charge is 0.331 e. The maximum Gasteiger partial charge on any atom is 0.331 e. The average molecular weight is 318 g/mol. The summed E-state index contributed by atoms with van der Waals surface area (Å²) in [4.78, 5) is 25.6. The van der Waals surface area contributed by atoms with Gasteiger partial charge in [-0.25, -0.2) is 4.79 Å². The summed E-state index contributed by atoms with van der Waals surface area (Å²) in [6, 6.07) is 3.86. The number of hydrogen-bond acceptors (Lipinski definition) is 4. The van der Waals surface area contributed by atoms with Crippen molar-refractivity contribution in [3.63, 3.8) is 0 Å². The molecule has 1 unspecified atom stereocenters. The molecule has 1 amide bonds. The molecule has 7 heteroatoms. The molecule has 1 aliphatic rings. The third-order valence-corrected chi connectivity index (χ3v) is 3.77. The lowest BCUT2D eigenvalue weighted by molar-refractivity contribution is -0.151. The van der Waals surface area contributed by atoms with Gasteiger partial charge in [-0.1, -0.05) is 23.2 Å². The van der Waals surface area contributed by atoms with Crippen LogP contribution in [0, 0.1) is 0 Å². The Hall–Kier alpha value is -1.30. The van der Waals surface area contributed by atoms with Crippen LogP contribution in [0.1, 0.15) is 10.4 Å². The first-order valence-corrected chi connectivity index (χ1v) is 6.71. The van der Waals surface area contributed by atoms with E-state index in [1.807, 2.05) is 0 Å². The number of methoxy groups -OCH3 is 1. The Balaban J connectivity index is 2.25. The second-order valence-electron chi connectivity index (χ2n) is 4.24. The number of morpholine rings is 1. The Morgan fingerprint density at radius 1 is 1.35 bits per heavy atom. The maximum atomic E-state index is 12.5. The molecule has 5 nitrogen and oxygen atoms in total. The van der Waals surface area contributed by atoms with Crippen LogP contribution in [0.25, 0.3) is 0 Å². The fourth-order valence-corrected chi connectivity index (χ4v) is 2.27. The van der Waals surface area contributed by atoms with E-state index >= 15 is 0 Å². The van der Waals surface area contributed by atoms with Gasteiger partial charge in [0.25, 0.3) is 5.91 Å². The summed E-state index contributed by atoms with van der Waals surface area (Å²) < 4.78 is 9.91. The first kappa shape index (κ1) is 15.1. The molecule has 0 N–H and O–H groups in total. The van der Waals surface area contributed by atoms with Crippen LogP contribution in [0.4, 0.5) is 0 Å². The van der Waals surface area contributed by atoms with Gasteiger partial charge in [0.15, 0.2) is 6.04 Å². The second kappa shape index (κ2) is 6.43. The molecule has 1 aromatic carbocycles. The molecular weight excluding hydrogens is 305 g/mol. The van der Waals surface area contributed by atoms with E-state index < -0.39 is 12.0 Å². The molecule has 1 heterocycles. The van der Waals surface area contributed by atoms with Crippen LogP contribution >= 0.6 is 23.2 Å². The van der Waals surface area contributed by atoms with E-state index in [0.717, 1.165) is 0 Å². The molecule has 0 aliphatic carbocycles. The van der Waals surface area contributed by atoms with Gasteiger partial charge in [-0.15, -0.1) is 0 Å². The fraction of sp³-hybridized carbons (Fsp3) is 0.385. The number of rotatable bonds is 2. The van der Waals surface area contributed by atoms with Gasteiger partial charge in [0.2, 0.25) is 0 Å². The first-order chi connectivity index (χ1) is 9.54. The van der Waals surface area contributed by atoms with Crippen molar-refractivity contribution in [2.75, 3.05) is 26.9 Å². The Morgan fingerprint density at radius 2 is 2.10 bits per heavy atom. The van der Waals surface area contributed by atoms with E-state index in [0.29, 0.717) is 28.8 Å². The predicted molar refractivity (Wildman–Crippen MR) is 74.1 cm³/mol. The molecule has 0 aromatic heterocycles. The number of hydrogen-bond donors (Lipinski definition) is 0. The minimum absolute atomic E-state index is 0.125. The van der Waals surface area contributed by atoms with E-state index in [2.05, 4.69) is 4.74 Å². The molecule has 1 aromatic rings. The summed E-state index contributed by atoms with van der Waals surface area (Å²) in [6.45, 7) is 0.819. The lowest BCUT2D eigenvalue weighted by Crippen LogP contribution is -2.53. The zero-order valence-electron chi connectivity index (χ0n) is 10.8. The number of esters is 1. The number of carbonyl (C=O) groups excluding carboxylic acids is 2. The van der Waals surface area contributed by atoms with Crippen molar-refractivity contribution < 1.29 is 19.1 Å². The lowest BCUT2D eigenvalue weighted by Gasteiger charge is -2.33. The molecule has 1 fully saturated rings. The minimum atomic E-state index is -0.740. The molecule has 1 aliphatic heterocycles. The summed E-state index contributed by atoms with van der Waals surface area (Å²) >= 11 is 11.7. The number of ether oxygens (including phenoxy) is 2. The van der Waals surface area contributed by atoms with Crippen LogP contribution < -0.4 is 0 Å². The number of nitrogens with zero attached hydrogens (tertiary/aromatic N) is 1. The monoisotopic (exact) mass is 317 g/mol. The Morgan fingerprint density at radius 3 is 2.75 bits per heavy atom. The van der Waals surface area contributed by atoms with Gasteiger partial charge >= 0.3 is 5.97 Å². The highest BCUT2D eigenvalue weighted by molar-refractivity contribution is 6.42. The SMILES string of the molecule is COC(=O)C1COCCN1C(=O)c1ccc(Cl)c(Cl)c1. The molecule has 0 spiro atoms. The molecular formula is C13H13Cl2NO4. The highest BCUT2D eigenvalue weighted by Gasteiger charge is 2.34. The van der Waals surface area contributed by atoms with E-state index in [1.165, 1.54) is 18.1 Å². The second-order valence-corrected chi connectivity index (χ2v) is 5.06. The number of amides is 1. The summed E-state index contributed by atoms with van der Waals surface area (Å²) in [6.07, 6.45) is 0. The van der Waals surface area contributed by atoms with Crippen molar-refractivity contribution in [3.05, 3.63) is 33.8 Å². The van der Waals surface area contributed by atoms with Crippen LogP contribution in [-0.2, 0) is 14.3 Å². The molecule has 0 bridgehead atoms. The molecule has 2 rings (SSSR count). The van der Waals surface area contributed by atoms with Gasteiger partial charge in [0.05, 0.1) is 30.4 Å². The zero-order chi connectivity index (χ0) is 14.7. The summed E-state index contributed by atoms with van der Waals surface area (Å²) in [5.74, 6) is -0.805. The third-order valence-electron chi connectivity index (χ3n) is 3.03. The van der Waals surface area contributed by atoms with Gasteiger partial charge in [0.1, 0.15) is 0 Å². The highest BCUT2D eigenvalue weighted by Crippen LogP contribution is 2.24. The Kier molecular flexibility index (Phi) is 4.86. The largest absolute Gasteiger partial charge is 0.467 e. The Bertz CT molecular complexity index is 535. The van der Waals surface area contributed by atoms with Crippen LogP contribution in [0.2, 0.25) is 10.0 Å². The van der Waals surface area contributed by atoms with Gasteiger partial charge in [-0.3, -0.25) is 4.79 Å². The fourth-order valence-electron chi connectivity index (χ4n) is 1.97. The van der Waals surface area contributed by atoms with E-state index in [4.69, 9.17) is 27.9 Å². The number of carbonyl (C=O) groups is 2. The molecule has 0 saturated carbocycles. The van der Waals surface area contributed by atoms with Crippen molar-refractivity contribution in [1.29, 1.82) is 0 Å². The van der Waals surface area contributed by atoms with Gasteiger partial charge in [-0.2, -0.15) is 0 Å². The van der Waals surface area contributed by atoms with Crippen molar-refractivity contribution in [3.8, 4) is 0 Å². The summed E-state index contributed by atoms with van der Waals surface area (Å²) in [5, 5.41) is 0.662. The topological polar surface area (TPSA) is 55.8 Å². The molecule has 108 valence electrons. The van der Waals surface area contributed by atoms with Crippen molar-refractivity contribution in [1.82, 2.24) is 4.90 Å². The highest BCUT2D eigenvalue weighted by atomic mass is 35.5. The van der Waals surface area contributed by atoms with Crippen LogP contribution in [0.3, 0.4) is 0 Å². The molecule has 1 saturated heterocycles. The maximum absolute atomic E-state index is 12.5. The summed E-state index contributed by atoms with van der Waals surface area (Å²) in [7, 11) is 1.28. The van der Waals surface area contributed by atoms with Crippen molar-refractivity contribution in [2.24, 2.45) is 0 Å². The number of benzene rings is 1. The van der Waals surface area contributed by atoms with Gasteiger partial charge < -0.3 is 14.4 Å². The van der Waals surface area contributed by atoms with Crippen LogP contribution in [-0.4, -0.2) is 49.7 Å². The lowest BCUT2D eigenvalue weighted by atomic mass is 10.1. The standard InChI is InChI=1S/C13H13Cl2NO4/c1-19-13(18)11-7-20-5-4-16(11)12(17)8-2-3-9(14)10(15)6-8/h2-3,6,11H,4-5,7H2,1H3. The van der Waals surface area contributed by atoms with Crippen molar-refractivity contribution in [2.45, 2.75) is 6.04 Å². The quantitative estimate of drug-likeness (QED) is 0.783. The van der Waals surface area contributed by atoms with E-state index in [1.54, 1.807) is 12.1 Å².